The molecule has 0 unspecified atom stereocenters. The van der Waals surface area contributed by atoms with Gasteiger partial charge in [-0.05, 0) is 24.3 Å². The maximum atomic E-state index is 5.84. The van der Waals surface area contributed by atoms with E-state index in [0.717, 1.165) is 55.7 Å². The lowest BCUT2D eigenvalue weighted by Crippen LogP contribution is -2.45. The summed E-state index contributed by atoms with van der Waals surface area (Å²) in [6.07, 6.45) is 3.67. The van der Waals surface area contributed by atoms with Gasteiger partial charge in [0.1, 0.15) is 0 Å². The van der Waals surface area contributed by atoms with Gasteiger partial charge < -0.3 is 20.1 Å². The van der Waals surface area contributed by atoms with E-state index in [1.54, 1.807) is 0 Å². The Morgan fingerprint density at radius 1 is 1.10 bits per heavy atom. The van der Waals surface area contributed by atoms with E-state index in [1.807, 2.05) is 18.3 Å². The monoisotopic (exact) mass is 285 g/mol. The number of benzene rings is 1. The van der Waals surface area contributed by atoms with Crippen LogP contribution in [0, 0.1) is 0 Å². The van der Waals surface area contributed by atoms with Gasteiger partial charge in [-0.2, -0.15) is 0 Å². The summed E-state index contributed by atoms with van der Waals surface area (Å²) in [5.41, 5.74) is 8.75. The van der Waals surface area contributed by atoms with E-state index in [-0.39, 0.29) is 5.79 Å². The van der Waals surface area contributed by atoms with Crippen molar-refractivity contribution in [1.29, 1.82) is 0 Å². The quantitative estimate of drug-likeness (QED) is 0.814. The molecule has 3 heterocycles. The van der Waals surface area contributed by atoms with Gasteiger partial charge in [-0.25, -0.2) is 0 Å². The fraction of sp³-hybridized carbons (Fsp3) is 0.438. The molecular weight excluding hydrogens is 266 g/mol. The summed E-state index contributed by atoms with van der Waals surface area (Å²) in [7, 11) is 0. The number of hydrogen-bond donors (Lipinski definition) is 1. The van der Waals surface area contributed by atoms with Crippen molar-refractivity contribution in [3.05, 3.63) is 30.5 Å². The molecule has 2 N–H and O–H groups in total. The standard InChI is InChI=1S/C16H19N3O2/c17-12-1-2-13-14(11-12)18-6-3-15(13)19-7-4-16(5-8-19)20-9-10-21-16/h1-3,6,11H,4-5,7-10,17H2. The second-order valence-electron chi connectivity index (χ2n) is 5.70. The number of nitrogen functional groups attached to an aromatic ring is 1. The van der Waals surface area contributed by atoms with Crippen molar-refractivity contribution in [2.75, 3.05) is 36.9 Å². The highest BCUT2D eigenvalue weighted by Gasteiger charge is 2.39. The van der Waals surface area contributed by atoms with Gasteiger partial charge >= 0.3 is 0 Å². The summed E-state index contributed by atoms with van der Waals surface area (Å²) >= 11 is 0. The molecule has 1 aromatic heterocycles. The van der Waals surface area contributed by atoms with Crippen molar-refractivity contribution in [3.63, 3.8) is 0 Å². The van der Waals surface area contributed by atoms with Crippen LogP contribution in [0.2, 0.25) is 0 Å². The van der Waals surface area contributed by atoms with Crippen molar-refractivity contribution >= 4 is 22.3 Å². The van der Waals surface area contributed by atoms with Gasteiger partial charge in [0, 0.05) is 48.9 Å². The van der Waals surface area contributed by atoms with Gasteiger partial charge in [-0.15, -0.1) is 0 Å². The number of nitrogens with two attached hydrogens (primary N) is 1. The first-order chi connectivity index (χ1) is 10.3. The Kier molecular flexibility index (Phi) is 2.97. The van der Waals surface area contributed by atoms with Crippen LogP contribution in [0.1, 0.15) is 12.8 Å². The molecule has 2 aromatic rings. The fourth-order valence-corrected chi connectivity index (χ4v) is 3.30. The minimum absolute atomic E-state index is 0.330. The van der Waals surface area contributed by atoms with E-state index in [0.29, 0.717) is 0 Å². The molecule has 0 bridgehead atoms. The second kappa shape index (κ2) is 4.86. The molecule has 2 saturated heterocycles. The predicted molar refractivity (Wildman–Crippen MR) is 82.2 cm³/mol. The summed E-state index contributed by atoms with van der Waals surface area (Å²) in [6, 6.07) is 7.99. The number of piperidine rings is 1. The normalized spacial score (nSPS) is 21.2. The number of nitrogens with zero attached hydrogens (tertiary/aromatic N) is 2. The highest BCUT2D eigenvalue weighted by molar-refractivity contribution is 5.93. The van der Waals surface area contributed by atoms with E-state index in [2.05, 4.69) is 22.0 Å². The van der Waals surface area contributed by atoms with Crippen LogP contribution >= 0.6 is 0 Å². The number of ether oxygens (including phenoxy) is 2. The molecule has 2 aliphatic heterocycles. The summed E-state index contributed by atoms with van der Waals surface area (Å²) < 4.78 is 11.6. The van der Waals surface area contributed by atoms with E-state index in [4.69, 9.17) is 15.2 Å². The molecule has 5 nitrogen and oxygen atoms in total. The average Bonchev–Trinajstić information content (AvgIpc) is 2.95. The van der Waals surface area contributed by atoms with Gasteiger partial charge in [0.25, 0.3) is 0 Å². The highest BCUT2D eigenvalue weighted by Crippen LogP contribution is 2.35. The van der Waals surface area contributed by atoms with Crippen molar-refractivity contribution in [3.8, 4) is 0 Å². The predicted octanol–water partition coefficient (Wildman–Crippen LogP) is 2.16. The third kappa shape index (κ3) is 2.22. The summed E-state index contributed by atoms with van der Waals surface area (Å²) in [5, 5.41) is 1.15. The van der Waals surface area contributed by atoms with Gasteiger partial charge in [-0.1, -0.05) is 0 Å². The summed E-state index contributed by atoms with van der Waals surface area (Å²) in [5.74, 6) is -0.330. The van der Waals surface area contributed by atoms with Crippen molar-refractivity contribution in [1.82, 2.24) is 4.98 Å². The van der Waals surface area contributed by atoms with Crippen molar-refractivity contribution < 1.29 is 9.47 Å². The second-order valence-corrected chi connectivity index (χ2v) is 5.70. The van der Waals surface area contributed by atoms with Gasteiger partial charge in [0.05, 0.1) is 18.7 Å². The number of rotatable bonds is 1. The lowest BCUT2D eigenvalue weighted by Gasteiger charge is -2.39. The van der Waals surface area contributed by atoms with Crippen LogP contribution in [0.4, 0.5) is 11.4 Å². The van der Waals surface area contributed by atoms with E-state index >= 15 is 0 Å². The Hall–Kier alpha value is -1.85. The number of pyridine rings is 1. The minimum Gasteiger partial charge on any atom is -0.399 e. The van der Waals surface area contributed by atoms with Crippen LogP contribution < -0.4 is 10.6 Å². The molecule has 0 atom stereocenters. The Morgan fingerprint density at radius 3 is 2.62 bits per heavy atom. The zero-order chi connectivity index (χ0) is 14.3. The molecule has 0 radical (unpaired) electrons. The molecule has 0 aliphatic carbocycles. The number of hydrogen-bond acceptors (Lipinski definition) is 5. The highest BCUT2D eigenvalue weighted by atomic mass is 16.7. The van der Waals surface area contributed by atoms with Gasteiger partial charge in [0.2, 0.25) is 0 Å². The minimum atomic E-state index is -0.330. The fourth-order valence-electron chi connectivity index (χ4n) is 3.30. The van der Waals surface area contributed by atoms with Gasteiger partial charge in [-0.3, -0.25) is 4.98 Å². The molecule has 21 heavy (non-hydrogen) atoms. The number of fused-ring (bicyclic) bond motifs is 1. The van der Waals surface area contributed by atoms with E-state index in [9.17, 15) is 0 Å². The molecule has 0 amide bonds. The molecular formula is C16H19N3O2. The summed E-state index contributed by atoms with van der Waals surface area (Å²) in [6.45, 7) is 3.31. The zero-order valence-electron chi connectivity index (χ0n) is 11.9. The first kappa shape index (κ1) is 12.9. The number of anilines is 2. The number of aromatic nitrogens is 1. The van der Waals surface area contributed by atoms with Gasteiger partial charge in [0.15, 0.2) is 5.79 Å². The molecule has 4 rings (SSSR count). The molecule has 110 valence electrons. The maximum Gasteiger partial charge on any atom is 0.171 e. The Balaban J connectivity index is 1.62. The molecule has 2 aliphatic rings. The lowest BCUT2D eigenvalue weighted by molar-refractivity contribution is -0.169. The smallest absolute Gasteiger partial charge is 0.171 e. The first-order valence-electron chi connectivity index (χ1n) is 7.43. The Morgan fingerprint density at radius 2 is 1.86 bits per heavy atom. The van der Waals surface area contributed by atoms with Crippen LogP contribution in [0.5, 0.6) is 0 Å². The largest absolute Gasteiger partial charge is 0.399 e. The Bertz CT molecular complexity index is 658. The van der Waals surface area contributed by atoms with Crippen molar-refractivity contribution in [2.24, 2.45) is 0 Å². The third-order valence-electron chi connectivity index (χ3n) is 4.42. The zero-order valence-corrected chi connectivity index (χ0v) is 11.9. The Labute approximate surface area is 123 Å². The molecule has 2 fully saturated rings. The van der Waals surface area contributed by atoms with Crippen LogP contribution in [0.3, 0.4) is 0 Å². The molecule has 0 saturated carbocycles. The van der Waals surface area contributed by atoms with Crippen LogP contribution in [-0.2, 0) is 9.47 Å². The SMILES string of the molecule is Nc1ccc2c(N3CCC4(CC3)OCCO4)ccnc2c1. The van der Waals surface area contributed by atoms with Crippen molar-refractivity contribution in [2.45, 2.75) is 18.6 Å². The van der Waals surface area contributed by atoms with Crippen LogP contribution in [-0.4, -0.2) is 37.1 Å². The topological polar surface area (TPSA) is 60.6 Å². The third-order valence-corrected chi connectivity index (χ3v) is 4.42. The average molecular weight is 285 g/mol. The van der Waals surface area contributed by atoms with Crippen LogP contribution in [0.15, 0.2) is 30.5 Å². The molecule has 1 spiro atoms. The van der Waals surface area contributed by atoms with E-state index < -0.39 is 0 Å². The first-order valence-corrected chi connectivity index (χ1v) is 7.43. The lowest BCUT2D eigenvalue weighted by atomic mass is 10.0. The molecule has 5 heteroatoms. The van der Waals surface area contributed by atoms with Crippen LogP contribution in [0.25, 0.3) is 10.9 Å². The maximum absolute atomic E-state index is 5.84. The molecule has 1 aromatic carbocycles. The van der Waals surface area contributed by atoms with E-state index in [1.165, 1.54) is 5.69 Å². The summed E-state index contributed by atoms with van der Waals surface area (Å²) in [4.78, 5) is 6.80.